The molecule has 0 bridgehead atoms. The number of rotatable bonds is 1. The molecule has 0 radical (unpaired) electrons. The lowest BCUT2D eigenvalue weighted by atomic mass is 9.95. The number of amides is 3. The maximum Gasteiger partial charge on any atom is 0.431 e. The minimum absolute atomic E-state index is 0.107. The third kappa shape index (κ3) is 5.14. The van der Waals surface area contributed by atoms with Crippen LogP contribution >= 0.6 is 0 Å². The van der Waals surface area contributed by atoms with Gasteiger partial charge in [-0.15, -0.1) is 5.06 Å². The van der Waals surface area contributed by atoms with Crippen molar-refractivity contribution in [3.05, 3.63) is 60.7 Å². The average molecular weight is 435 g/mol. The minimum atomic E-state index is -0.821. The maximum atomic E-state index is 10.8. The van der Waals surface area contributed by atoms with Crippen LogP contribution in [0.4, 0.5) is 4.79 Å². The molecule has 0 unspecified atom stereocenters. The lowest BCUT2D eigenvalue weighted by Crippen LogP contribution is -2.35. The molecule has 168 valence electrons. The van der Waals surface area contributed by atoms with Gasteiger partial charge in [0.25, 0.3) is 11.8 Å². The molecular formula is C26H30N2O4. The number of carbonyl (C=O) groups excluding carboxylic acids is 3. The number of hydroxylamine groups is 2. The number of nitrogens with zero attached hydrogens (tertiary/aromatic N) is 1. The van der Waals surface area contributed by atoms with E-state index < -0.39 is 17.9 Å². The standard InChI is InChI=1S/C16H10.C6H8N2O4.2C2H6/c1-3-11-7-9-13-5-2-6-14-10-8-12(4-1)15(11)16(13)14;1-7-6(11)12-8-4(9)2-3-5(8)10;2*1-2/h1-10H;2-3H2,1H3,(H,7,11);2*1-2H3. The molecule has 0 aromatic heterocycles. The van der Waals surface area contributed by atoms with Crippen LogP contribution in [0.3, 0.4) is 0 Å². The van der Waals surface area contributed by atoms with Gasteiger partial charge in [-0.2, -0.15) is 0 Å². The monoisotopic (exact) mass is 434 g/mol. The summed E-state index contributed by atoms with van der Waals surface area (Å²) >= 11 is 0. The highest BCUT2D eigenvalue weighted by Gasteiger charge is 2.32. The number of imide groups is 1. The van der Waals surface area contributed by atoms with Crippen LogP contribution in [0.5, 0.6) is 0 Å². The molecule has 1 fully saturated rings. The minimum Gasteiger partial charge on any atom is -0.323 e. The van der Waals surface area contributed by atoms with Gasteiger partial charge in [-0.1, -0.05) is 88.4 Å². The first-order valence-electron chi connectivity index (χ1n) is 11.0. The summed E-state index contributed by atoms with van der Waals surface area (Å²) in [6.45, 7) is 8.00. The summed E-state index contributed by atoms with van der Waals surface area (Å²) in [6.07, 6.45) is -0.607. The van der Waals surface area contributed by atoms with E-state index in [0.717, 1.165) is 0 Å². The summed E-state index contributed by atoms with van der Waals surface area (Å²) < 4.78 is 0. The lowest BCUT2D eigenvalue weighted by Gasteiger charge is -2.11. The van der Waals surface area contributed by atoms with Gasteiger partial charge in [0, 0.05) is 19.9 Å². The van der Waals surface area contributed by atoms with Crippen molar-refractivity contribution < 1.29 is 19.2 Å². The quantitative estimate of drug-likeness (QED) is 0.293. The van der Waals surface area contributed by atoms with Gasteiger partial charge in [-0.25, -0.2) is 4.79 Å². The number of nitrogens with one attached hydrogen (secondary N) is 1. The van der Waals surface area contributed by atoms with Crippen LogP contribution in [-0.2, 0) is 14.4 Å². The first kappa shape index (κ1) is 24.6. The Bertz CT molecular complexity index is 1060. The van der Waals surface area contributed by atoms with Crippen LogP contribution < -0.4 is 5.32 Å². The van der Waals surface area contributed by atoms with Crippen LogP contribution in [-0.4, -0.2) is 30.0 Å². The number of hydrogen-bond donors (Lipinski definition) is 1. The average Bonchev–Trinajstić information content (AvgIpc) is 3.17. The second-order valence-electron chi connectivity index (χ2n) is 6.50. The predicted octanol–water partition coefficient (Wildman–Crippen LogP) is 6.04. The zero-order valence-corrected chi connectivity index (χ0v) is 19.3. The number of hydrogen-bond acceptors (Lipinski definition) is 4. The molecule has 0 atom stereocenters. The van der Waals surface area contributed by atoms with Gasteiger partial charge in [-0.05, 0) is 32.3 Å². The van der Waals surface area contributed by atoms with Crippen molar-refractivity contribution in [2.45, 2.75) is 40.5 Å². The normalized spacial score (nSPS) is 12.5. The fourth-order valence-corrected chi connectivity index (χ4v) is 3.46. The van der Waals surface area contributed by atoms with Gasteiger partial charge in [0.05, 0.1) is 0 Å². The van der Waals surface area contributed by atoms with E-state index in [-0.39, 0.29) is 12.8 Å². The maximum absolute atomic E-state index is 10.8. The van der Waals surface area contributed by atoms with E-state index >= 15 is 0 Å². The fourth-order valence-electron chi connectivity index (χ4n) is 3.46. The number of benzene rings is 4. The molecule has 1 N–H and O–H groups in total. The molecule has 4 aromatic rings. The van der Waals surface area contributed by atoms with Crippen molar-refractivity contribution in [2.24, 2.45) is 0 Å². The molecule has 1 heterocycles. The van der Waals surface area contributed by atoms with Crippen molar-refractivity contribution in [3.8, 4) is 0 Å². The Morgan fingerprint density at radius 3 is 1.38 bits per heavy atom. The highest BCUT2D eigenvalue weighted by Crippen LogP contribution is 2.33. The topological polar surface area (TPSA) is 75.7 Å². The van der Waals surface area contributed by atoms with Crippen molar-refractivity contribution in [2.75, 3.05) is 7.05 Å². The highest BCUT2D eigenvalue weighted by atomic mass is 16.7. The fraction of sp³-hybridized carbons (Fsp3) is 0.269. The number of carbonyl (C=O) groups is 3. The van der Waals surface area contributed by atoms with Crippen LogP contribution in [0.1, 0.15) is 40.5 Å². The summed E-state index contributed by atoms with van der Waals surface area (Å²) in [7, 11) is 1.34. The Balaban J connectivity index is 0.000000204. The molecule has 0 spiro atoms. The highest BCUT2D eigenvalue weighted by molar-refractivity contribution is 6.22. The Morgan fingerprint density at radius 2 is 1.06 bits per heavy atom. The Morgan fingerprint density at radius 1 is 0.719 bits per heavy atom. The first-order valence-corrected chi connectivity index (χ1v) is 11.0. The molecule has 1 aliphatic heterocycles. The van der Waals surface area contributed by atoms with Crippen molar-refractivity contribution in [3.63, 3.8) is 0 Å². The van der Waals surface area contributed by atoms with Gasteiger partial charge in [0.1, 0.15) is 0 Å². The Hall–Kier alpha value is -3.67. The van der Waals surface area contributed by atoms with Gasteiger partial charge < -0.3 is 10.2 Å². The van der Waals surface area contributed by atoms with E-state index in [4.69, 9.17) is 0 Å². The van der Waals surface area contributed by atoms with E-state index in [9.17, 15) is 14.4 Å². The molecule has 4 aromatic carbocycles. The SMILES string of the molecule is CC.CC.CNC(=O)ON1C(=O)CCC1=O.c1cc2ccc3cccc4ccc(c1)c2c34. The summed E-state index contributed by atoms with van der Waals surface area (Å²) in [5, 5.41) is 10.8. The largest absolute Gasteiger partial charge is 0.431 e. The zero-order chi connectivity index (χ0) is 23.7. The van der Waals surface area contributed by atoms with Gasteiger partial charge in [-0.3, -0.25) is 9.59 Å². The summed E-state index contributed by atoms with van der Waals surface area (Å²) in [4.78, 5) is 36.6. The van der Waals surface area contributed by atoms with E-state index in [2.05, 4.69) is 70.8 Å². The molecule has 3 amide bonds. The molecule has 0 saturated carbocycles. The van der Waals surface area contributed by atoms with E-state index in [1.54, 1.807) is 0 Å². The smallest absolute Gasteiger partial charge is 0.323 e. The molecule has 6 heteroatoms. The van der Waals surface area contributed by atoms with E-state index in [1.165, 1.54) is 39.4 Å². The Kier molecular flexibility index (Phi) is 8.95. The summed E-state index contributed by atoms with van der Waals surface area (Å²) in [6, 6.07) is 21.9. The summed E-state index contributed by atoms with van der Waals surface area (Å²) in [5.74, 6) is -0.966. The van der Waals surface area contributed by atoms with Crippen LogP contribution in [0.15, 0.2) is 60.7 Å². The van der Waals surface area contributed by atoms with Gasteiger partial charge in [0.2, 0.25) is 0 Å². The van der Waals surface area contributed by atoms with E-state index in [0.29, 0.717) is 5.06 Å². The van der Waals surface area contributed by atoms with Crippen molar-refractivity contribution in [1.29, 1.82) is 0 Å². The molecule has 32 heavy (non-hydrogen) atoms. The molecule has 1 aliphatic rings. The predicted molar refractivity (Wildman–Crippen MR) is 129 cm³/mol. The lowest BCUT2D eigenvalue weighted by molar-refractivity contribution is -0.171. The van der Waals surface area contributed by atoms with Gasteiger partial charge >= 0.3 is 6.09 Å². The molecule has 6 nitrogen and oxygen atoms in total. The third-order valence-electron chi connectivity index (χ3n) is 4.78. The van der Waals surface area contributed by atoms with Crippen LogP contribution in [0.2, 0.25) is 0 Å². The molecule has 5 rings (SSSR count). The second-order valence-corrected chi connectivity index (χ2v) is 6.50. The van der Waals surface area contributed by atoms with Crippen molar-refractivity contribution in [1.82, 2.24) is 10.4 Å². The summed E-state index contributed by atoms with van der Waals surface area (Å²) in [5.41, 5.74) is 0. The molecular weight excluding hydrogens is 404 g/mol. The van der Waals surface area contributed by atoms with Gasteiger partial charge in [0.15, 0.2) is 0 Å². The zero-order valence-electron chi connectivity index (χ0n) is 19.3. The third-order valence-corrected chi connectivity index (χ3v) is 4.78. The van der Waals surface area contributed by atoms with E-state index in [1.807, 2.05) is 27.7 Å². The van der Waals surface area contributed by atoms with Crippen LogP contribution in [0, 0.1) is 0 Å². The Labute approximate surface area is 188 Å². The molecule has 1 saturated heterocycles. The molecule has 0 aliphatic carbocycles. The first-order chi connectivity index (χ1) is 15.6. The van der Waals surface area contributed by atoms with Crippen LogP contribution in [0.25, 0.3) is 32.3 Å². The van der Waals surface area contributed by atoms with Crippen molar-refractivity contribution >= 4 is 50.2 Å². The second kappa shape index (κ2) is 11.6.